The van der Waals surface area contributed by atoms with Gasteiger partial charge in [-0.15, -0.1) is 0 Å². The molecule has 0 heterocycles. The maximum atomic E-state index is 11.6. The topological polar surface area (TPSA) is 17.1 Å². The maximum Gasteiger partial charge on any atom is 0.109 e. The molecule has 0 radical (unpaired) electrons. The Morgan fingerprint density at radius 3 is 2.36 bits per heavy atom. The van der Waals surface area contributed by atoms with Crippen LogP contribution in [0.5, 0.6) is 0 Å². The molecule has 0 N–H and O–H groups in total. The Hall–Kier alpha value is 0.180. The smallest absolute Gasteiger partial charge is 0.109 e. The van der Waals surface area contributed by atoms with Gasteiger partial charge in [0.05, 0.1) is 0 Å². The van der Waals surface area contributed by atoms with Crippen molar-refractivity contribution in [2.45, 2.75) is 0 Å². The predicted octanol–water partition coefficient (Wildman–Crippen LogP) is 2.54. The lowest BCUT2D eigenvalue weighted by atomic mass is 10.4. The van der Waals surface area contributed by atoms with Crippen LogP contribution < -0.4 is 5.30 Å². The molecule has 0 amide bonds. The van der Waals surface area contributed by atoms with Gasteiger partial charge in [-0.1, -0.05) is 12.1 Å². The molecule has 0 atom stereocenters. The highest BCUT2D eigenvalue weighted by atomic mass is 127. The van der Waals surface area contributed by atoms with E-state index in [-0.39, 0.29) is 0 Å². The van der Waals surface area contributed by atoms with Gasteiger partial charge in [0, 0.05) is 8.87 Å². The van der Waals surface area contributed by atoms with Gasteiger partial charge in [-0.05, 0) is 48.1 Å². The molecule has 0 aliphatic carbocycles. The van der Waals surface area contributed by atoms with Crippen molar-refractivity contribution in [1.29, 1.82) is 0 Å². The molecular formula is C8H10IOP. The van der Waals surface area contributed by atoms with Crippen LogP contribution in [-0.4, -0.2) is 13.3 Å². The average Bonchev–Trinajstić information content (AvgIpc) is 1.86. The standard InChI is InChI=1S/C8H10IOP/c1-11(2,10)8-5-3-4-7(9)6-8/h3-6H,1-2H3. The minimum atomic E-state index is -2.05. The van der Waals surface area contributed by atoms with Crippen LogP contribution in [0.3, 0.4) is 0 Å². The summed E-state index contributed by atoms with van der Waals surface area (Å²) in [6.07, 6.45) is 0. The summed E-state index contributed by atoms with van der Waals surface area (Å²) in [7, 11) is -2.05. The normalized spacial score (nSPS) is 11.5. The van der Waals surface area contributed by atoms with Gasteiger partial charge in [0.2, 0.25) is 0 Å². The van der Waals surface area contributed by atoms with E-state index in [1.54, 1.807) is 13.3 Å². The molecule has 0 saturated heterocycles. The second-order valence-electron chi connectivity index (χ2n) is 2.83. The van der Waals surface area contributed by atoms with Crippen LogP contribution in [0.4, 0.5) is 0 Å². The number of hydrogen-bond acceptors (Lipinski definition) is 1. The van der Waals surface area contributed by atoms with Crippen molar-refractivity contribution in [1.82, 2.24) is 0 Å². The third-order valence-electron chi connectivity index (χ3n) is 1.43. The van der Waals surface area contributed by atoms with E-state index in [1.165, 1.54) is 0 Å². The van der Waals surface area contributed by atoms with Gasteiger partial charge in [-0.2, -0.15) is 0 Å². The fraction of sp³-hybridized carbons (Fsp3) is 0.250. The van der Waals surface area contributed by atoms with Crippen molar-refractivity contribution in [3.63, 3.8) is 0 Å². The summed E-state index contributed by atoms with van der Waals surface area (Å²) in [6, 6.07) is 7.83. The van der Waals surface area contributed by atoms with Crippen LogP contribution in [0, 0.1) is 3.57 Å². The van der Waals surface area contributed by atoms with E-state index in [2.05, 4.69) is 22.6 Å². The van der Waals surface area contributed by atoms with E-state index >= 15 is 0 Å². The Balaban J connectivity index is 3.17. The number of benzene rings is 1. The van der Waals surface area contributed by atoms with Crippen LogP contribution in [0.1, 0.15) is 0 Å². The fourth-order valence-electron chi connectivity index (χ4n) is 0.811. The summed E-state index contributed by atoms with van der Waals surface area (Å²) >= 11 is 2.22. The Morgan fingerprint density at radius 2 is 2.00 bits per heavy atom. The van der Waals surface area contributed by atoms with Crippen LogP contribution in [0.15, 0.2) is 24.3 Å². The third-order valence-corrected chi connectivity index (χ3v) is 3.62. The summed E-state index contributed by atoms with van der Waals surface area (Å²) in [5.74, 6) is 0. The Labute approximate surface area is 80.7 Å². The SMILES string of the molecule is CP(C)(=O)c1cccc(I)c1. The average molecular weight is 280 g/mol. The van der Waals surface area contributed by atoms with Crippen LogP contribution in [0.25, 0.3) is 0 Å². The quantitative estimate of drug-likeness (QED) is 0.570. The lowest BCUT2D eigenvalue weighted by molar-refractivity contribution is 0.588. The first-order valence-electron chi connectivity index (χ1n) is 3.31. The van der Waals surface area contributed by atoms with Crippen molar-refractivity contribution in [3.8, 4) is 0 Å². The maximum absolute atomic E-state index is 11.6. The second-order valence-corrected chi connectivity index (χ2v) is 7.29. The van der Waals surface area contributed by atoms with Crippen molar-refractivity contribution >= 4 is 35.0 Å². The van der Waals surface area contributed by atoms with Crippen molar-refractivity contribution in [3.05, 3.63) is 27.8 Å². The van der Waals surface area contributed by atoms with E-state index < -0.39 is 7.14 Å². The van der Waals surface area contributed by atoms with Crippen LogP contribution >= 0.6 is 29.7 Å². The molecule has 0 saturated carbocycles. The first-order chi connectivity index (χ1) is 5.00. The van der Waals surface area contributed by atoms with E-state index in [1.807, 2.05) is 24.3 Å². The molecule has 0 spiro atoms. The molecule has 1 nitrogen and oxygen atoms in total. The molecule has 60 valence electrons. The van der Waals surface area contributed by atoms with Gasteiger partial charge in [0.15, 0.2) is 0 Å². The summed E-state index contributed by atoms with van der Waals surface area (Å²) in [5.41, 5.74) is 0. The van der Waals surface area contributed by atoms with Gasteiger partial charge in [-0.25, -0.2) is 0 Å². The number of rotatable bonds is 1. The molecule has 11 heavy (non-hydrogen) atoms. The molecule has 0 aliphatic rings. The molecule has 0 unspecified atom stereocenters. The first kappa shape index (κ1) is 9.27. The predicted molar refractivity (Wildman–Crippen MR) is 58.2 cm³/mol. The van der Waals surface area contributed by atoms with E-state index in [4.69, 9.17) is 0 Å². The molecule has 0 bridgehead atoms. The van der Waals surface area contributed by atoms with Gasteiger partial charge >= 0.3 is 0 Å². The summed E-state index contributed by atoms with van der Waals surface area (Å²) < 4.78 is 12.7. The van der Waals surface area contributed by atoms with Crippen molar-refractivity contribution in [2.24, 2.45) is 0 Å². The molecule has 3 heteroatoms. The van der Waals surface area contributed by atoms with Gasteiger partial charge in [0.25, 0.3) is 0 Å². The number of hydrogen-bond donors (Lipinski definition) is 0. The first-order valence-corrected chi connectivity index (χ1v) is 6.99. The zero-order valence-corrected chi connectivity index (χ0v) is 9.59. The van der Waals surface area contributed by atoms with E-state index in [0.29, 0.717) is 0 Å². The van der Waals surface area contributed by atoms with Crippen molar-refractivity contribution in [2.75, 3.05) is 13.3 Å². The highest BCUT2D eigenvalue weighted by molar-refractivity contribution is 14.1. The minimum absolute atomic E-state index is 0.962. The highest BCUT2D eigenvalue weighted by Gasteiger charge is 2.09. The zero-order valence-electron chi connectivity index (χ0n) is 6.54. The van der Waals surface area contributed by atoms with Gasteiger partial charge in [-0.3, -0.25) is 0 Å². The van der Waals surface area contributed by atoms with Crippen LogP contribution in [0.2, 0.25) is 0 Å². The molecule has 1 aromatic carbocycles. The van der Waals surface area contributed by atoms with Crippen molar-refractivity contribution < 1.29 is 4.57 Å². The molecule has 0 aliphatic heterocycles. The molecule has 1 aromatic rings. The van der Waals surface area contributed by atoms with E-state index in [0.717, 1.165) is 8.87 Å². The summed E-state index contributed by atoms with van der Waals surface area (Å²) in [4.78, 5) is 0. The zero-order chi connectivity index (χ0) is 8.48. The summed E-state index contributed by atoms with van der Waals surface area (Å²) in [6.45, 7) is 3.58. The number of halogens is 1. The van der Waals surface area contributed by atoms with E-state index in [9.17, 15) is 4.57 Å². The Kier molecular flexibility index (Phi) is 2.76. The summed E-state index contributed by atoms with van der Waals surface area (Å²) in [5, 5.41) is 0.962. The Morgan fingerprint density at radius 1 is 1.36 bits per heavy atom. The lowest BCUT2D eigenvalue weighted by Gasteiger charge is -2.05. The minimum Gasteiger partial charge on any atom is -0.319 e. The molecule has 1 rings (SSSR count). The molecule has 0 fully saturated rings. The third kappa shape index (κ3) is 2.60. The second kappa shape index (κ2) is 3.28. The lowest BCUT2D eigenvalue weighted by Crippen LogP contribution is -2.01. The van der Waals surface area contributed by atoms with Gasteiger partial charge < -0.3 is 4.57 Å². The van der Waals surface area contributed by atoms with Gasteiger partial charge in [0.1, 0.15) is 7.14 Å². The molecule has 0 aromatic heterocycles. The largest absolute Gasteiger partial charge is 0.319 e. The highest BCUT2D eigenvalue weighted by Crippen LogP contribution is 2.34. The fourth-order valence-corrected chi connectivity index (χ4v) is 2.50. The Bertz CT molecular complexity index is 303. The van der Waals surface area contributed by atoms with Crippen LogP contribution in [-0.2, 0) is 4.57 Å². The monoisotopic (exact) mass is 280 g/mol. The molecular weight excluding hydrogens is 270 g/mol.